The van der Waals surface area contributed by atoms with E-state index >= 15 is 0 Å². The molecule has 2 aliphatic rings. The molecule has 3 N–H and O–H groups in total. The minimum atomic E-state index is -0.985. The lowest BCUT2D eigenvalue weighted by atomic mass is 9.70. The summed E-state index contributed by atoms with van der Waals surface area (Å²) in [7, 11) is 0. The SMILES string of the molecule is Cc1cc2c(cc1O)-c1ccc(N=[N+]=[N-])cc1C21c2cc(N=[N+]=[N-])ccc2-c2cc(O)c(O)cc21. The maximum atomic E-state index is 10.6. The third-order valence-corrected chi connectivity index (χ3v) is 6.97. The van der Waals surface area contributed by atoms with E-state index in [2.05, 4.69) is 20.1 Å². The zero-order valence-corrected chi connectivity index (χ0v) is 18.3. The second-order valence-electron chi connectivity index (χ2n) is 8.66. The molecule has 4 aromatic carbocycles. The molecular formula is C26H16N6O3. The molecule has 0 saturated carbocycles. The molecule has 0 fully saturated rings. The van der Waals surface area contributed by atoms with Crippen molar-refractivity contribution in [2.24, 2.45) is 10.2 Å². The van der Waals surface area contributed by atoms with Crippen molar-refractivity contribution in [3.05, 3.63) is 109 Å². The first-order valence-corrected chi connectivity index (χ1v) is 10.7. The van der Waals surface area contributed by atoms with Crippen LogP contribution in [0.2, 0.25) is 0 Å². The maximum Gasteiger partial charge on any atom is 0.158 e. The number of rotatable bonds is 2. The maximum absolute atomic E-state index is 10.6. The van der Waals surface area contributed by atoms with Crippen LogP contribution in [-0.2, 0) is 5.41 Å². The van der Waals surface area contributed by atoms with E-state index in [1.165, 1.54) is 6.07 Å². The van der Waals surface area contributed by atoms with Gasteiger partial charge in [-0.1, -0.05) is 40.6 Å². The first-order chi connectivity index (χ1) is 16.9. The number of nitrogens with zero attached hydrogens (tertiary/aromatic N) is 6. The average molecular weight is 460 g/mol. The largest absolute Gasteiger partial charge is 0.508 e. The summed E-state index contributed by atoms with van der Waals surface area (Å²) in [6.45, 7) is 1.80. The molecule has 0 aromatic heterocycles. The van der Waals surface area contributed by atoms with Crippen LogP contribution in [-0.4, -0.2) is 15.3 Å². The van der Waals surface area contributed by atoms with Gasteiger partial charge in [-0.2, -0.15) is 0 Å². The summed E-state index contributed by atoms with van der Waals surface area (Å²) in [6.07, 6.45) is 0. The predicted octanol–water partition coefficient (Wildman–Crippen LogP) is 7.34. The summed E-state index contributed by atoms with van der Waals surface area (Å²) in [5, 5.41) is 39.1. The van der Waals surface area contributed by atoms with Gasteiger partial charge in [-0.15, -0.1) is 0 Å². The molecule has 168 valence electrons. The number of benzene rings is 4. The van der Waals surface area contributed by atoms with Gasteiger partial charge in [0.2, 0.25) is 0 Å². The summed E-state index contributed by atoms with van der Waals surface area (Å²) in [5.74, 6) is -0.391. The number of aromatic hydroxyl groups is 3. The van der Waals surface area contributed by atoms with Crippen molar-refractivity contribution < 1.29 is 15.3 Å². The molecule has 0 amide bonds. The fourth-order valence-corrected chi connectivity index (χ4v) is 5.59. The molecule has 35 heavy (non-hydrogen) atoms. The lowest BCUT2D eigenvalue weighted by molar-refractivity contribution is 0.403. The fourth-order valence-electron chi connectivity index (χ4n) is 5.59. The highest BCUT2D eigenvalue weighted by Crippen LogP contribution is 2.65. The summed E-state index contributed by atoms with van der Waals surface area (Å²) in [6, 6.07) is 17.3. The van der Waals surface area contributed by atoms with E-state index in [9.17, 15) is 15.3 Å². The molecule has 0 radical (unpaired) electrons. The zero-order valence-electron chi connectivity index (χ0n) is 18.3. The molecule has 0 saturated heterocycles. The van der Waals surface area contributed by atoms with Crippen molar-refractivity contribution >= 4 is 11.4 Å². The van der Waals surface area contributed by atoms with Crippen molar-refractivity contribution in [1.29, 1.82) is 0 Å². The van der Waals surface area contributed by atoms with Crippen LogP contribution in [0.25, 0.3) is 43.1 Å². The zero-order chi connectivity index (χ0) is 24.5. The predicted molar refractivity (Wildman–Crippen MR) is 130 cm³/mol. The molecular weight excluding hydrogens is 444 g/mol. The monoisotopic (exact) mass is 460 g/mol. The van der Waals surface area contributed by atoms with Crippen LogP contribution < -0.4 is 0 Å². The first kappa shape index (κ1) is 20.5. The Kier molecular flexibility index (Phi) is 4.07. The van der Waals surface area contributed by atoms with E-state index in [1.54, 1.807) is 43.3 Å². The molecule has 6 rings (SSSR count). The molecule has 0 bridgehead atoms. The van der Waals surface area contributed by atoms with Gasteiger partial charge in [-0.25, -0.2) is 0 Å². The lowest BCUT2D eigenvalue weighted by Gasteiger charge is -2.31. The van der Waals surface area contributed by atoms with Crippen molar-refractivity contribution in [3.63, 3.8) is 0 Å². The quantitative estimate of drug-likeness (QED) is 0.107. The topological polar surface area (TPSA) is 158 Å². The van der Waals surface area contributed by atoms with Gasteiger partial charge in [-0.05, 0) is 98.4 Å². The number of phenols is 3. The second kappa shape index (κ2) is 6.95. The normalized spacial score (nSPS) is 16.0. The number of azide groups is 2. The standard InChI is InChI=1S/C26H16N6O3/c1-12-6-19-17(9-23(12)33)15-4-2-13(29-31-27)7-20(15)26(19)21-8-14(30-32-28)3-5-16(21)18-10-24(34)25(35)11-22(18)26/h2-11,33-35H,1H3. The van der Waals surface area contributed by atoms with E-state index in [4.69, 9.17) is 11.1 Å². The van der Waals surface area contributed by atoms with E-state index < -0.39 is 5.41 Å². The third-order valence-electron chi connectivity index (χ3n) is 6.97. The minimum absolute atomic E-state index is 0.140. The Balaban J connectivity index is 1.86. The van der Waals surface area contributed by atoms with E-state index in [1.807, 2.05) is 18.2 Å². The first-order valence-electron chi connectivity index (χ1n) is 10.7. The van der Waals surface area contributed by atoms with Crippen LogP contribution in [0.5, 0.6) is 17.2 Å². The number of aryl methyl sites for hydroxylation is 1. The van der Waals surface area contributed by atoms with Gasteiger partial charge in [0.1, 0.15) is 5.75 Å². The molecule has 2 aliphatic carbocycles. The molecule has 0 heterocycles. The van der Waals surface area contributed by atoms with Crippen LogP contribution in [0.4, 0.5) is 11.4 Å². The van der Waals surface area contributed by atoms with Gasteiger partial charge >= 0.3 is 0 Å². The van der Waals surface area contributed by atoms with Crippen LogP contribution >= 0.6 is 0 Å². The summed E-state index contributed by atoms with van der Waals surface area (Å²) >= 11 is 0. The van der Waals surface area contributed by atoms with Gasteiger partial charge in [0.15, 0.2) is 11.5 Å². The number of fused-ring (bicyclic) bond motifs is 10. The molecule has 4 aromatic rings. The Hall–Kier alpha value is -5.10. The third kappa shape index (κ3) is 2.53. The van der Waals surface area contributed by atoms with Gasteiger partial charge in [0.05, 0.1) is 5.41 Å². The summed E-state index contributed by atoms with van der Waals surface area (Å²) < 4.78 is 0. The Morgan fingerprint density at radius 1 is 0.600 bits per heavy atom. The number of phenolic OH excluding ortho intramolecular Hbond substituents is 3. The molecule has 1 unspecified atom stereocenters. The van der Waals surface area contributed by atoms with Gasteiger partial charge in [0.25, 0.3) is 0 Å². The Morgan fingerprint density at radius 3 is 1.60 bits per heavy atom. The number of hydrogen-bond acceptors (Lipinski definition) is 5. The van der Waals surface area contributed by atoms with E-state index in [0.29, 0.717) is 28.1 Å². The minimum Gasteiger partial charge on any atom is -0.508 e. The van der Waals surface area contributed by atoms with Crippen molar-refractivity contribution in [3.8, 4) is 39.5 Å². The Bertz CT molecular complexity index is 1590. The number of hydrogen-bond donors (Lipinski definition) is 3. The van der Waals surface area contributed by atoms with Gasteiger partial charge in [-0.3, -0.25) is 0 Å². The van der Waals surface area contributed by atoms with Gasteiger partial charge < -0.3 is 15.3 Å². The molecule has 9 nitrogen and oxygen atoms in total. The van der Waals surface area contributed by atoms with E-state index in [0.717, 1.165) is 33.4 Å². The van der Waals surface area contributed by atoms with Crippen LogP contribution in [0.3, 0.4) is 0 Å². The van der Waals surface area contributed by atoms with E-state index in [-0.39, 0.29) is 17.2 Å². The molecule has 0 aliphatic heterocycles. The highest BCUT2D eigenvalue weighted by Gasteiger charge is 2.52. The second-order valence-corrected chi connectivity index (χ2v) is 8.66. The lowest BCUT2D eigenvalue weighted by Crippen LogP contribution is -2.26. The van der Waals surface area contributed by atoms with Crippen molar-refractivity contribution in [2.75, 3.05) is 0 Å². The van der Waals surface area contributed by atoms with Crippen LogP contribution in [0.15, 0.2) is 70.9 Å². The van der Waals surface area contributed by atoms with Crippen LogP contribution in [0.1, 0.15) is 27.8 Å². The van der Waals surface area contributed by atoms with Crippen LogP contribution in [0, 0.1) is 6.92 Å². The van der Waals surface area contributed by atoms with Crippen molar-refractivity contribution in [2.45, 2.75) is 12.3 Å². The summed E-state index contributed by atoms with van der Waals surface area (Å²) in [5.41, 5.74) is 24.9. The fraction of sp³-hybridized carbons (Fsp3) is 0.0769. The smallest absolute Gasteiger partial charge is 0.158 e. The van der Waals surface area contributed by atoms with Crippen molar-refractivity contribution in [1.82, 2.24) is 0 Å². The summed E-state index contributed by atoms with van der Waals surface area (Å²) in [4.78, 5) is 5.87. The highest BCUT2D eigenvalue weighted by atomic mass is 16.3. The molecule has 9 heteroatoms. The highest BCUT2D eigenvalue weighted by molar-refractivity contribution is 5.97. The molecule has 1 atom stereocenters. The van der Waals surface area contributed by atoms with Gasteiger partial charge in [0, 0.05) is 21.2 Å². The average Bonchev–Trinajstić information content (AvgIpc) is 3.26. The molecule has 1 spiro atoms. The Morgan fingerprint density at radius 2 is 1.06 bits per heavy atom. The Labute approximate surface area is 198 Å².